The second-order valence-electron chi connectivity index (χ2n) is 10.5. The Morgan fingerprint density at radius 1 is 0.939 bits per heavy atom. The zero-order valence-corrected chi connectivity index (χ0v) is 22.9. The molecule has 0 saturated heterocycles. The first-order valence-electron chi connectivity index (χ1n) is 12.4. The molecule has 0 aromatic heterocycles. The van der Waals surface area contributed by atoms with Gasteiger partial charge < -0.3 is 5.11 Å². The van der Waals surface area contributed by atoms with E-state index < -0.39 is 11.0 Å². The standard InChI is InChI=1S/C29H45ClO3/c1-19(2)12-9-13-20(3)14-10-15-21(4)16-11-17-29(8,30)18-25(31)26-24(7)27(32)22(5)23(6)28(26)33/h14,16,19,25,31H,9-13,15,17-18H2,1-8H3. The second kappa shape index (κ2) is 13.4. The fourth-order valence-corrected chi connectivity index (χ4v) is 4.54. The molecule has 0 amide bonds. The molecule has 2 unspecified atom stereocenters. The van der Waals surface area contributed by atoms with E-state index in [1.807, 2.05) is 6.92 Å². The number of aliphatic hydroxyl groups is 1. The summed E-state index contributed by atoms with van der Waals surface area (Å²) in [6, 6.07) is 0. The molecule has 0 aliphatic heterocycles. The molecule has 1 aliphatic rings. The van der Waals surface area contributed by atoms with Gasteiger partial charge >= 0.3 is 0 Å². The molecule has 0 radical (unpaired) electrons. The largest absolute Gasteiger partial charge is 0.388 e. The van der Waals surface area contributed by atoms with Crippen LogP contribution in [-0.4, -0.2) is 27.7 Å². The number of alkyl halides is 1. The summed E-state index contributed by atoms with van der Waals surface area (Å²) in [5.74, 6) is 0.362. The third kappa shape index (κ3) is 9.74. The van der Waals surface area contributed by atoms with Crippen LogP contribution in [0.2, 0.25) is 0 Å². The second-order valence-corrected chi connectivity index (χ2v) is 11.5. The lowest BCUT2D eigenvalue weighted by Crippen LogP contribution is -2.32. The highest BCUT2D eigenvalue weighted by atomic mass is 35.5. The van der Waals surface area contributed by atoms with Crippen molar-refractivity contribution >= 4 is 23.2 Å². The van der Waals surface area contributed by atoms with Crippen molar-refractivity contribution in [2.75, 3.05) is 0 Å². The van der Waals surface area contributed by atoms with Crippen molar-refractivity contribution in [3.05, 3.63) is 45.6 Å². The topological polar surface area (TPSA) is 54.4 Å². The van der Waals surface area contributed by atoms with Crippen molar-refractivity contribution in [2.45, 2.75) is 118 Å². The van der Waals surface area contributed by atoms with E-state index >= 15 is 0 Å². The summed E-state index contributed by atoms with van der Waals surface area (Å²) in [5.41, 5.74) is 4.24. The maximum atomic E-state index is 12.7. The van der Waals surface area contributed by atoms with Gasteiger partial charge in [0, 0.05) is 27.2 Å². The number of carbonyl (C=O) groups is 2. The minimum absolute atomic E-state index is 0.166. The average molecular weight is 477 g/mol. The highest BCUT2D eigenvalue weighted by molar-refractivity contribution is 6.25. The normalized spacial score (nSPS) is 19.0. The Labute approximate surface area is 207 Å². The third-order valence-corrected chi connectivity index (χ3v) is 7.07. The zero-order chi connectivity index (χ0) is 25.3. The van der Waals surface area contributed by atoms with E-state index in [1.165, 1.54) is 30.4 Å². The summed E-state index contributed by atoms with van der Waals surface area (Å²) in [6.07, 6.45) is 11.1. The summed E-state index contributed by atoms with van der Waals surface area (Å²) < 4.78 is 0. The van der Waals surface area contributed by atoms with Gasteiger partial charge in [-0.05, 0) is 92.4 Å². The van der Waals surface area contributed by atoms with Crippen LogP contribution in [0.15, 0.2) is 45.6 Å². The van der Waals surface area contributed by atoms with Crippen molar-refractivity contribution in [3.8, 4) is 0 Å². The number of hydrogen-bond acceptors (Lipinski definition) is 3. The molecule has 33 heavy (non-hydrogen) atoms. The van der Waals surface area contributed by atoms with E-state index in [-0.39, 0.29) is 23.6 Å². The summed E-state index contributed by atoms with van der Waals surface area (Å²) in [7, 11) is 0. The predicted octanol–water partition coefficient (Wildman–Crippen LogP) is 7.82. The monoisotopic (exact) mass is 476 g/mol. The lowest BCUT2D eigenvalue weighted by molar-refractivity contribution is -0.117. The number of aliphatic hydroxyl groups excluding tert-OH is 1. The fraction of sp³-hybridized carbons (Fsp3) is 0.655. The molecule has 1 aliphatic carbocycles. The molecule has 0 aromatic carbocycles. The van der Waals surface area contributed by atoms with Crippen molar-refractivity contribution in [3.63, 3.8) is 0 Å². The van der Waals surface area contributed by atoms with Crippen molar-refractivity contribution in [1.82, 2.24) is 0 Å². The number of allylic oxidation sites excluding steroid dienone is 7. The molecule has 0 heterocycles. The zero-order valence-electron chi connectivity index (χ0n) is 22.1. The van der Waals surface area contributed by atoms with Crippen LogP contribution in [0, 0.1) is 5.92 Å². The Bertz CT molecular complexity index is 837. The van der Waals surface area contributed by atoms with Gasteiger partial charge in [0.2, 0.25) is 0 Å². The van der Waals surface area contributed by atoms with Gasteiger partial charge in [-0.25, -0.2) is 0 Å². The van der Waals surface area contributed by atoms with Crippen LogP contribution in [0.1, 0.15) is 107 Å². The van der Waals surface area contributed by atoms with E-state index in [4.69, 9.17) is 11.6 Å². The van der Waals surface area contributed by atoms with Crippen LogP contribution in [0.25, 0.3) is 0 Å². The molecular formula is C29H45ClO3. The molecule has 4 heteroatoms. The number of halogens is 1. The number of ketones is 2. The van der Waals surface area contributed by atoms with E-state index in [2.05, 4.69) is 39.8 Å². The number of hydrogen-bond donors (Lipinski definition) is 1. The van der Waals surface area contributed by atoms with Crippen molar-refractivity contribution < 1.29 is 14.7 Å². The smallest absolute Gasteiger partial charge is 0.188 e. The van der Waals surface area contributed by atoms with E-state index in [0.717, 1.165) is 25.2 Å². The first-order valence-corrected chi connectivity index (χ1v) is 12.8. The van der Waals surface area contributed by atoms with E-state index in [0.29, 0.717) is 23.1 Å². The number of rotatable bonds is 13. The van der Waals surface area contributed by atoms with Gasteiger partial charge in [-0.15, -0.1) is 11.6 Å². The van der Waals surface area contributed by atoms with Crippen LogP contribution in [0.5, 0.6) is 0 Å². The SMILES string of the molecule is CC(=CCCC(C)(Cl)CC(O)C1=C(C)C(=O)C(C)=C(C)C1=O)CCC=C(C)CCCC(C)C. The van der Waals surface area contributed by atoms with Gasteiger partial charge in [-0.3, -0.25) is 9.59 Å². The first-order chi connectivity index (χ1) is 15.3. The quantitative estimate of drug-likeness (QED) is 0.167. The Morgan fingerprint density at radius 2 is 1.48 bits per heavy atom. The van der Waals surface area contributed by atoms with Gasteiger partial charge in [-0.2, -0.15) is 0 Å². The number of carbonyl (C=O) groups excluding carboxylic acids is 2. The highest BCUT2D eigenvalue weighted by Gasteiger charge is 2.35. The first kappa shape index (κ1) is 29.6. The van der Waals surface area contributed by atoms with Crippen LogP contribution < -0.4 is 0 Å². The summed E-state index contributed by atoms with van der Waals surface area (Å²) in [6.45, 7) is 15.7. The predicted molar refractivity (Wildman–Crippen MR) is 141 cm³/mol. The van der Waals surface area contributed by atoms with Gasteiger partial charge in [0.25, 0.3) is 0 Å². The van der Waals surface area contributed by atoms with Crippen molar-refractivity contribution in [2.24, 2.45) is 5.92 Å². The molecule has 1 rings (SSSR count). The molecule has 0 saturated carbocycles. The Balaban J connectivity index is 2.56. The average Bonchev–Trinajstić information content (AvgIpc) is 2.70. The lowest BCUT2D eigenvalue weighted by Gasteiger charge is -2.28. The van der Waals surface area contributed by atoms with Crippen LogP contribution in [-0.2, 0) is 9.59 Å². The molecule has 0 aromatic rings. The van der Waals surface area contributed by atoms with Gasteiger partial charge in [0.05, 0.1) is 6.10 Å². The molecule has 0 bridgehead atoms. The third-order valence-electron chi connectivity index (χ3n) is 6.73. The molecular weight excluding hydrogens is 432 g/mol. The van der Waals surface area contributed by atoms with Crippen LogP contribution in [0.4, 0.5) is 0 Å². The minimum atomic E-state index is -1.04. The lowest BCUT2D eigenvalue weighted by atomic mass is 9.81. The maximum absolute atomic E-state index is 12.7. The van der Waals surface area contributed by atoms with Crippen molar-refractivity contribution in [1.29, 1.82) is 0 Å². The molecule has 0 fully saturated rings. The van der Waals surface area contributed by atoms with Gasteiger partial charge in [0.15, 0.2) is 11.6 Å². The van der Waals surface area contributed by atoms with E-state index in [1.54, 1.807) is 20.8 Å². The molecule has 186 valence electrons. The maximum Gasteiger partial charge on any atom is 0.188 e. The molecule has 0 spiro atoms. The minimum Gasteiger partial charge on any atom is -0.388 e. The molecule has 2 atom stereocenters. The highest BCUT2D eigenvalue weighted by Crippen LogP contribution is 2.33. The van der Waals surface area contributed by atoms with Gasteiger partial charge in [-0.1, -0.05) is 43.6 Å². The Kier molecular flexibility index (Phi) is 12.0. The van der Waals surface area contributed by atoms with Gasteiger partial charge in [0.1, 0.15) is 0 Å². The molecule has 3 nitrogen and oxygen atoms in total. The fourth-order valence-electron chi connectivity index (χ4n) is 4.28. The van der Waals surface area contributed by atoms with Crippen LogP contribution >= 0.6 is 11.6 Å². The number of Topliss-reactive ketones (excluding diaryl/α,β-unsaturated/α-hetero) is 2. The summed E-state index contributed by atoms with van der Waals surface area (Å²) >= 11 is 6.72. The summed E-state index contributed by atoms with van der Waals surface area (Å²) in [5, 5.41) is 10.8. The summed E-state index contributed by atoms with van der Waals surface area (Å²) in [4.78, 5) is 24.4. The Hall–Kier alpha value is -1.45. The van der Waals surface area contributed by atoms with E-state index in [9.17, 15) is 14.7 Å². The molecule has 1 N–H and O–H groups in total. The Morgan fingerprint density at radius 3 is 2.09 bits per heavy atom. The van der Waals surface area contributed by atoms with Crippen LogP contribution in [0.3, 0.4) is 0 Å².